The molecular weight excluding hydrogens is 238 g/mol. The summed E-state index contributed by atoms with van der Waals surface area (Å²) in [5.41, 5.74) is 0.928. The lowest BCUT2D eigenvalue weighted by Gasteiger charge is -2.16. The number of benzene rings is 1. The maximum absolute atomic E-state index is 5.85. The van der Waals surface area contributed by atoms with Crippen molar-refractivity contribution in [3.05, 3.63) is 60.2 Å². The molecule has 0 spiro atoms. The molecule has 0 radical (unpaired) electrons. The van der Waals surface area contributed by atoms with E-state index >= 15 is 0 Å². The molecule has 19 heavy (non-hydrogen) atoms. The largest absolute Gasteiger partial charge is 0.468 e. The van der Waals surface area contributed by atoms with Crippen molar-refractivity contribution < 1.29 is 8.83 Å². The van der Waals surface area contributed by atoms with E-state index < -0.39 is 0 Å². The Hall–Kier alpha value is -2.00. The molecule has 1 aromatic carbocycles. The summed E-state index contributed by atoms with van der Waals surface area (Å²) in [5, 5.41) is 4.61. The first-order valence-corrected chi connectivity index (χ1v) is 6.52. The summed E-state index contributed by atoms with van der Waals surface area (Å²) in [6, 6.07) is 14.3. The molecule has 0 aliphatic rings. The number of fused-ring (bicyclic) bond motifs is 1. The fourth-order valence-corrected chi connectivity index (χ4v) is 2.29. The van der Waals surface area contributed by atoms with Crippen molar-refractivity contribution >= 4 is 11.0 Å². The maximum atomic E-state index is 5.85. The van der Waals surface area contributed by atoms with Crippen LogP contribution in [0.1, 0.15) is 37.5 Å². The minimum absolute atomic E-state index is 0.132. The molecule has 3 nitrogen and oxygen atoms in total. The fraction of sp³-hybridized carbons (Fsp3) is 0.250. The lowest BCUT2D eigenvalue weighted by atomic mass is 10.2. The first-order chi connectivity index (χ1) is 9.24. The summed E-state index contributed by atoms with van der Waals surface area (Å²) in [7, 11) is 0. The Morgan fingerprint density at radius 1 is 0.947 bits per heavy atom. The Labute approximate surface area is 112 Å². The smallest absolute Gasteiger partial charge is 0.134 e. The van der Waals surface area contributed by atoms with Gasteiger partial charge >= 0.3 is 0 Å². The van der Waals surface area contributed by atoms with Crippen molar-refractivity contribution in [2.75, 3.05) is 0 Å². The molecule has 3 heteroatoms. The zero-order valence-corrected chi connectivity index (χ0v) is 11.1. The van der Waals surface area contributed by atoms with Gasteiger partial charge in [0, 0.05) is 5.39 Å². The van der Waals surface area contributed by atoms with Crippen molar-refractivity contribution in [1.82, 2.24) is 5.32 Å². The van der Waals surface area contributed by atoms with Gasteiger partial charge < -0.3 is 8.83 Å². The highest BCUT2D eigenvalue weighted by molar-refractivity contribution is 5.77. The third kappa shape index (κ3) is 2.42. The summed E-state index contributed by atoms with van der Waals surface area (Å²) in [4.78, 5) is 0. The van der Waals surface area contributed by atoms with Gasteiger partial charge in [-0.3, -0.25) is 5.32 Å². The molecule has 98 valence electrons. The standard InChI is InChI=1S/C16H17NO2/c1-11(14-8-5-9-18-14)17-12(2)16-10-13-6-3-4-7-15(13)19-16/h3-12,17H,1-2H3/t11-,12?/m0/s1. The summed E-state index contributed by atoms with van der Waals surface area (Å²) in [5.74, 6) is 1.88. The van der Waals surface area contributed by atoms with E-state index in [2.05, 4.69) is 31.3 Å². The monoisotopic (exact) mass is 255 g/mol. The van der Waals surface area contributed by atoms with Crippen molar-refractivity contribution in [2.24, 2.45) is 0 Å². The highest BCUT2D eigenvalue weighted by Crippen LogP contribution is 2.25. The van der Waals surface area contributed by atoms with Gasteiger partial charge in [-0.1, -0.05) is 18.2 Å². The van der Waals surface area contributed by atoms with Crippen LogP contribution in [-0.4, -0.2) is 0 Å². The summed E-state index contributed by atoms with van der Waals surface area (Å²) in [6.07, 6.45) is 1.69. The molecule has 0 amide bonds. The average Bonchev–Trinajstić information content (AvgIpc) is 3.07. The summed E-state index contributed by atoms with van der Waals surface area (Å²) >= 11 is 0. The molecule has 2 heterocycles. The number of hydrogen-bond donors (Lipinski definition) is 1. The molecule has 0 saturated heterocycles. The van der Waals surface area contributed by atoms with Crippen molar-refractivity contribution in [3.8, 4) is 0 Å². The van der Waals surface area contributed by atoms with Crippen LogP contribution in [0.5, 0.6) is 0 Å². The van der Waals surface area contributed by atoms with Crippen molar-refractivity contribution in [3.63, 3.8) is 0 Å². The molecule has 0 bridgehead atoms. The van der Waals surface area contributed by atoms with Crippen LogP contribution >= 0.6 is 0 Å². The normalized spacial score (nSPS) is 14.6. The van der Waals surface area contributed by atoms with E-state index in [0.717, 1.165) is 22.5 Å². The maximum Gasteiger partial charge on any atom is 0.134 e. The molecule has 1 N–H and O–H groups in total. The lowest BCUT2D eigenvalue weighted by molar-refractivity contribution is 0.373. The second kappa shape index (κ2) is 4.94. The van der Waals surface area contributed by atoms with Gasteiger partial charge in [0.05, 0.1) is 18.3 Å². The minimum Gasteiger partial charge on any atom is -0.468 e. The fourth-order valence-electron chi connectivity index (χ4n) is 2.29. The number of rotatable bonds is 4. The van der Waals surface area contributed by atoms with E-state index in [9.17, 15) is 0 Å². The van der Waals surface area contributed by atoms with Crippen LogP contribution in [0.2, 0.25) is 0 Å². The third-order valence-corrected chi connectivity index (χ3v) is 3.34. The quantitative estimate of drug-likeness (QED) is 0.749. The predicted molar refractivity (Wildman–Crippen MR) is 74.9 cm³/mol. The van der Waals surface area contributed by atoms with Crippen LogP contribution < -0.4 is 5.32 Å². The van der Waals surface area contributed by atoms with Crippen LogP contribution in [0.4, 0.5) is 0 Å². The number of para-hydroxylation sites is 1. The molecule has 0 aliphatic carbocycles. The Bertz CT molecular complexity index is 621. The second-order valence-electron chi connectivity index (χ2n) is 4.81. The molecule has 2 atom stereocenters. The lowest BCUT2D eigenvalue weighted by Crippen LogP contribution is -2.21. The van der Waals surface area contributed by atoms with E-state index in [-0.39, 0.29) is 12.1 Å². The van der Waals surface area contributed by atoms with Gasteiger partial charge in [-0.05, 0) is 38.1 Å². The molecule has 1 unspecified atom stereocenters. The first kappa shape index (κ1) is 12.1. The predicted octanol–water partition coefficient (Wildman–Crippen LogP) is 4.44. The average molecular weight is 255 g/mol. The van der Waals surface area contributed by atoms with Crippen molar-refractivity contribution in [1.29, 1.82) is 0 Å². The van der Waals surface area contributed by atoms with Crippen LogP contribution in [-0.2, 0) is 0 Å². The first-order valence-electron chi connectivity index (χ1n) is 6.52. The Balaban J connectivity index is 1.78. The SMILES string of the molecule is CC(N[C@@H](C)c1ccco1)c1cc2ccccc2o1. The van der Waals surface area contributed by atoms with Crippen LogP contribution in [0.25, 0.3) is 11.0 Å². The second-order valence-corrected chi connectivity index (χ2v) is 4.81. The molecular formula is C16H17NO2. The third-order valence-electron chi connectivity index (χ3n) is 3.34. The van der Waals surface area contributed by atoms with Gasteiger partial charge in [0.25, 0.3) is 0 Å². The number of furan rings is 2. The van der Waals surface area contributed by atoms with Gasteiger partial charge in [-0.25, -0.2) is 0 Å². The molecule has 3 rings (SSSR count). The van der Waals surface area contributed by atoms with Gasteiger partial charge in [-0.2, -0.15) is 0 Å². The van der Waals surface area contributed by atoms with Gasteiger partial charge in [0.2, 0.25) is 0 Å². The molecule has 0 saturated carbocycles. The highest BCUT2D eigenvalue weighted by atomic mass is 16.3. The Morgan fingerprint density at radius 2 is 1.74 bits per heavy atom. The van der Waals surface area contributed by atoms with Gasteiger partial charge in [-0.15, -0.1) is 0 Å². The van der Waals surface area contributed by atoms with Gasteiger partial charge in [0.15, 0.2) is 0 Å². The highest BCUT2D eigenvalue weighted by Gasteiger charge is 2.16. The molecule has 3 aromatic rings. The van der Waals surface area contributed by atoms with Crippen LogP contribution in [0.3, 0.4) is 0 Å². The van der Waals surface area contributed by atoms with E-state index in [0.29, 0.717) is 0 Å². The zero-order chi connectivity index (χ0) is 13.2. The Kier molecular flexibility index (Phi) is 3.13. The van der Waals surface area contributed by atoms with Crippen molar-refractivity contribution in [2.45, 2.75) is 25.9 Å². The molecule has 0 fully saturated rings. The van der Waals surface area contributed by atoms with E-state index in [1.807, 2.05) is 30.3 Å². The Morgan fingerprint density at radius 3 is 2.47 bits per heavy atom. The minimum atomic E-state index is 0.132. The van der Waals surface area contributed by atoms with E-state index in [1.165, 1.54) is 0 Å². The topological polar surface area (TPSA) is 38.3 Å². The summed E-state index contributed by atoms with van der Waals surface area (Å²) < 4.78 is 11.3. The molecule has 0 aliphatic heterocycles. The number of hydrogen-bond acceptors (Lipinski definition) is 3. The van der Waals surface area contributed by atoms with E-state index in [4.69, 9.17) is 8.83 Å². The summed E-state index contributed by atoms with van der Waals surface area (Å²) in [6.45, 7) is 4.18. The van der Waals surface area contributed by atoms with Crippen LogP contribution in [0, 0.1) is 0 Å². The van der Waals surface area contributed by atoms with Crippen LogP contribution in [0.15, 0.2) is 57.6 Å². The molecule has 2 aromatic heterocycles. The van der Waals surface area contributed by atoms with E-state index in [1.54, 1.807) is 6.26 Å². The number of nitrogens with one attached hydrogen (secondary N) is 1. The zero-order valence-electron chi connectivity index (χ0n) is 11.1. The van der Waals surface area contributed by atoms with Gasteiger partial charge in [0.1, 0.15) is 17.1 Å².